The summed E-state index contributed by atoms with van der Waals surface area (Å²) in [7, 11) is 0. The molecule has 1 aromatic heterocycles. The van der Waals surface area contributed by atoms with E-state index in [0.29, 0.717) is 11.5 Å². The number of aliphatic hydroxyl groups excluding tert-OH is 1. The molecule has 2 rings (SSSR count). The Kier molecular flexibility index (Phi) is 3.43. The highest BCUT2D eigenvalue weighted by Crippen LogP contribution is 2.37. The number of allylic oxidation sites excluding steroid dienone is 1. The third-order valence-corrected chi connectivity index (χ3v) is 3.69. The van der Waals surface area contributed by atoms with E-state index in [1.165, 1.54) is 12.4 Å². The molecule has 0 amide bonds. The highest BCUT2D eigenvalue weighted by Gasteiger charge is 2.28. The number of hydrogen-bond acceptors (Lipinski definition) is 4. The van der Waals surface area contributed by atoms with E-state index in [2.05, 4.69) is 4.98 Å². The lowest BCUT2D eigenvalue weighted by Crippen LogP contribution is -2.26. The van der Waals surface area contributed by atoms with Gasteiger partial charge in [0.1, 0.15) is 6.20 Å². The molecule has 0 aliphatic heterocycles. The Hall–Kier alpha value is -1.75. The van der Waals surface area contributed by atoms with Gasteiger partial charge in [-0.1, -0.05) is 19.9 Å². The molecule has 1 heterocycles. The van der Waals surface area contributed by atoms with Crippen LogP contribution in [0.5, 0.6) is 0 Å². The zero-order valence-electron chi connectivity index (χ0n) is 10.4. The summed E-state index contributed by atoms with van der Waals surface area (Å²) < 4.78 is 0. The lowest BCUT2D eigenvalue weighted by molar-refractivity contribution is -0.385. The smallest absolute Gasteiger partial charge is 0.294 e. The van der Waals surface area contributed by atoms with Gasteiger partial charge in [-0.25, -0.2) is 0 Å². The first-order valence-electron chi connectivity index (χ1n) is 5.98. The average Bonchev–Trinajstić information content (AvgIpc) is 2.35. The van der Waals surface area contributed by atoms with Crippen LogP contribution in [0, 0.1) is 22.0 Å². The Morgan fingerprint density at radius 3 is 2.83 bits per heavy atom. The molecular formula is C13H16N2O3. The van der Waals surface area contributed by atoms with Crippen LogP contribution in [0.1, 0.15) is 25.8 Å². The molecule has 0 spiro atoms. The molecular weight excluding hydrogens is 232 g/mol. The van der Waals surface area contributed by atoms with Crippen LogP contribution in [-0.4, -0.2) is 21.1 Å². The van der Waals surface area contributed by atoms with E-state index in [4.69, 9.17) is 0 Å². The van der Waals surface area contributed by atoms with Gasteiger partial charge < -0.3 is 5.11 Å². The number of nitro groups is 1. The maximum atomic E-state index is 11.0. The molecule has 1 aliphatic carbocycles. The third kappa shape index (κ3) is 2.26. The van der Waals surface area contributed by atoms with Crippen LogP contribution in [0.3, 0.4) is 0 Å². The van der Waals surface area contributed by atoms with Gasteiger partial charge in [-0.3, -0.25) is 15.1 Å². The molecule has 0 saturated heterocycles. The Labute approximate surface area is 105 Å². The molecule has 0 unspecified atom stereocenters. The predicted octanol–water partition coefficient (Wildman–Crippen LogP) is 2.41. The van der Waals surface area contributed by atoms with Crippen molar-refractivity contribution in [2.45, 2.75) is 26.4 Å². The van der Waals surface area contributed by atoms with E-state index in [1.54, 1.807) is 12.1 Å². The van der Waals surface area contributed by atoms with E-state index >= 15 is 0 Å². The van der Waals surface area contributed by atoms with Gasteiger partial charge in [0.15, 0.2) is 0 Å². The molecule has 1 aliphatic rings. The normalized spacial score (nSPS) is 27.7. The van der Waals surface area contributed by atoms with Crippen LogP contribution >= 0.6 is 0 Å². The van der Waals surface area contributed by atoms with Crippen molar-refractivity contribution in [3.8, 4) is 0 Å². The second-order valence-corrected chi connectivity index (χ2v) is 4.87. The number of aliphatic hydroxyl groups is 1. The van der Waals surface area contributed by atoms with E-state index in [9.17, 15) is 15.2 Å². The summed E-state index contributed by atoms with van der Waals surface area (Å²) in [5, 5.41) is 20.9. The first kappa shape index (κ1) is 12.7. The van der Waals surface area contributed by atoms with Crippen molar-refractivity contribution in [2.75, 3.05) is 0 Å². The van der Waals surface area contributed by atoms with Crippen LogP contribution in [0.25, 0.3) is 5.57 Å². The Morgan fingerprint density at radius 2 is 2.22 bits per heavy atom. The molecule has 3 atom stereocenters. The number of rotatable bonds is 2. The van der Waals surface area contributed by atoms with Crippen LogP contribution in [0.4, 0.5) is 5.69 Å². The van der Waals surface area contributed by atoms with E-state index in [-0.39, 0.29) is 11.6 Å². The Morgan fingerprint density at radius 1 is 1.50 bits per heavy atom. The van der Waals surface area contributed by atoms with Crippen molar-refractivity contribution in [2.24, 2.45) is 11.8 Å². The van der Waals surface area contributed by atoms with Crippen molar-refractivity contribution < 1.29 is 10.0 Å². The largest absolute Gasteiger partial charge is 0.389 e. The molecule has 0 aromatic carbocycles. The standard InChI is InChI=1S/C13H16N2O3/c1-8-5-10(6-13(16)9(8)2)11-3-4-14-7-12(11)15(17)18/h3-4,6-9,13,16H,5H2,1-2H3/t8-,9-,13-/m1/s1. The van der Waals surface area contributed by atoms with Gasteiger partial charge in [0, 0.05) is 6.20 Å². The summed E-state index contributed by atoms with van der Waals surface area (Å²) in [5.74, 6) is 0.474. The maximum absolute atomic E-state index is 11.0. The van der Waals surface area contributed by atoms with Gasteiger partial charge in [0.2, 0.25) is 0 Å². The number of pyridine rings is 1. The molecule has 5 heteroatoms. The Balaban J connectivity index is 2.44. The monoisotopic (exact) mass is 248 g/mol. The SMILES string of the molecule is C[C@H]1[C@H](O)C=C(c2ccncc2[N+](=O)[O-])C[C@H]1C. The lowest BCUT2D eigenvalue weighted by atomic mass is 9.78. The molecule has 0 radical (unpaired) electrons. The highest BCUT2D eigenvalue weighted by molar-refractivity contribution is 5.73. The third-order valence-electron chi connectivity index (χ3n) is 3.69. The lowest BCUT2D eigenvalue weighted by Gasteiger charge is -2.29. The average molecular weight is 248 g/mol. The molecule has 1 aromatic rings. The topological polar surface area (TPSA) is 76.3 Å². The van der Waals surface area contributed by atoms with E-state index < -0.39 is 11.0 Å². The molecule has 0 fully saturated rings. The highest BCUT2D eigenvalue weighted by atomic mass is 16.6. The van der Waals surface area contributed by atoms with Gasteiger partial charge in [0.05, 0.1) is 16.6 Å². The van der Waals surface area contributed by atoms with Gasteiger partial charge in [-0.2, -0.15) is 0 Å². The summed E-state index contributed by atoms with van der Waals surface area (Å²) in [6, 6.07) is 1.64. The summed E-state index contributed by atoms with van der Waals surface area (Å²) in [5.41, 5.74) is 1.40. The Bertz CT molecular complexity index is 499. The zero-order chi connectivity index (χ0) is 13.3. The first-order valence-corrected chi connectivity index (χ1v) is 5.98. The van der Waals surface area contributed by atoms with Gasteiger partial charge >= 0.3 is 0 Å². The fourth-order valence-corrected chi connectivity index (χ4v) is 2.30. The fourth-order valence-electron chi connectivity index (χ4n) is 2.30. The minimum absolute atomic E-state index is 0.00213. The molecule has 0 bridgehead atoms. The summed E-state index contributed by atoms with van der Waals surface area (Å²) in [6.45, 7) is 4.04. The van der Waals surface area contributed by atoms with Crippen molar-refractivity contribution in [3.05, 3.63) is 40.2 Å². The minimum Gasteiger partial charge on any atom is -0.389 e. The zero-order valence-corrected chi connectivity index (χ0v) is 10.4. The van der Waals surface area contributed by atoms with Crippen molar-refractivity contribution in [1.82, 2.24) is 4.98 Å². The second-order valence-electron chi connectivity index (χ2n) is 4.87. The van der Waals surface area contributed by atoms with Gasteiger partial charge in [-0.05, 0) is 29.9 Å². The summed E-state index contributed by atoms with van der Waals surface area (Å²) >= 11 is 0. The van der Waals surface area contributed by atoms with Crippen molar-refractivity contribution >= 4 is 11.3 Å². The quantitative estimate of drug-likeness (QED) is 0.644. The number of aromatic nitrogens is 1. The van der Waals surface area contributed by atoms with Crippen LogP contribution in [0.2, 0.25) is 0 Å². The summed E-state index contributed by atoms with van der Waals surface area (Å²) in [4.78, 5) is 14.3. The molecule has 96 valence electrons. The van der Waals surface area contributed by atoms with Crippen molar-refractivity contribution in [1.29, 1.82) is 0 Å². The van der Waals surface area contributed by atoms with Crippen LogP contribution < -0.4 is 0 Å². The number of hydrogen-bond donors (Lipinski definition) is 1. The van der Waals surface area contributed by atoms with Crippen LogP contribution in [0.15, 0.2) is 24.5 Å². The molecule has 18 heavy (non-hydrogen) atoms. The van der Waals surface area contributed by atoms with E-state index in [0.717, 1.165) is 12.0 Å². The second kappa shape index (κ2) is 4.86. The molecule has 1 N–H and O–H groups in total. The molecule has 5 nitrogen and oxygen atoms in total. The van der Waals surface area contributed by atoms with E-state index in [1.807, 2.05) is 13.8 Å². The molecule has 0 saturated carbocycles. The fraction of sp³-hybridized carbons (Fsp3) is 0.462. The number of nitrogens with zero attached hydrogens (tertiary/aromatic N) is 2. The summed E-state index contributed by atoms with van der Waals surface area (Å²) in [6.07, 6.45) is 4.72. The van der Waals surface area contributed by atoms with Gasteiger partial charge in [0.25, 0.3) is 5.69 Å². The predicted molar refractivity (Wildman–Crippen MR) is 67.8 cm³/mol. The van der Waals surface area contributed by atoms with Gasteiger partial charge in [-0.15, -0.1) is 0 Å². The van der Waals surface area contributed by atoms with Crippen molar-refractivity contribution in [3.63, 3.8) is 0 Å². The maximum Gasteiger partial charge on any atom is 0.294 e. The van der Waals surface area contributed by atoms with Crippen LogP contribution in [-0.2, 0) is 0 Å². The first-order chi connectivity index (χ1) is 8.50. The minimum atomic E-state index is -0.545.